The smallest absolute Gasteiger partial charge is 0.326 e. The van der Waals surface area contributed by atoms with E-state index in [4.69, 9.17) is 4.74 Å². The summed E-state index contributed by atoms with van der Waals surface area (Å²) in [5.74, 6) is 0.217. The van der Waals surface area contributed by atoms with Gasteiger partial charge < -0.3 is 15.4 Å². The molecule has 2 unspecified atom stereocenters. The molecule has 94 valence electrons. The number of piperidine rings is 1. The summed E-state index contributed by atoms with van der Waals surface area (Å²) in [7, 11) is 1.48. The van der Waals surface area contributed by atoms with Crippen molar-refractivity contribution in [2.24, 2.45) is 5.92 Å². The summed E-state index contributed by atoms with van der Waals surface area (Å²) in [4.78, 5) is 12.1. The van der Waals surface area contributed by atoms with E-state index in [1.54, 1.807) is 0 Å². The highest BCUT2D eigenvalue weighted by atomic mass is 16.5. The molecule has 2 N–H and O–H groups in total. The molecule has 1 saturated heterocycles. The van der Waals surface area contributed by atoms with E-state index in [1.807, 2.05) is 0 Å². The van der Waals surface area contributed by atoms with E-state index in [-0.39, 0.29) is 5.97 Å². The van der Waals surface area contributed by atoms with Crippen LogP contribution in [0.4, 0.5) is 0 Å². The monoisotopic (exact) mass is 228 g/mol. The van der Waals surface area contributed by atoms with Gasteiger partial charge in [-0.05, 0) is 32.4 Å². The Morgan fingerprint density at radius 1 is 1.56 bits per heavy atom. The van der Waals surface area contributed by atoms with Crippen molar-refractivity contribution in [2.75, 3.05) is 26.7 Å². The minimum atomic E-state index is -0.467. The molecule has 0 radical (unpaired) electrons. The predicted molar refractivity (Wildman–Crippen MR) is 64.3 cm³/mol. The molecule has 4 nitrogen and oxygen atoms in total. The summed E-state index contributed by atoms with van der Waals surface area (Å²) in [6.07, 6.45) is 2.83. The van der Waals surface area contributed by atoms with Crippen LogP contribution in [0, 0.1) is 5.92 Å². The van der Waals surface area contributed by atoms with Gasteiger partial charge in [-0.1, -0.05) is 13.8 Å². The summed E-state index contributed by atoms with van der Waals surface area (Å²) in [5, 5.41) is 6.77. The molecule has 1 fully saturated rings. The molecular formula is C12H24N2O2. The second kappa shape index (κ2) is 6.21. The van der Waals surface area contributed by atoms with Crippen molar-refractivity contribution in [3.63, 3.8) is 0 Å². The first-order valence-corrected chi connectivity index (χ1v) is 6.25. The van der Waals surface area contributed by atoms with Gasteiger partial charge in [0.05, 0.1) is 7.11 Å². The number of hydrogen-bond acceptors (Lipinski definition) is 4. The molecule has 2 atom stereocenters. The average molecular weight is 228 g/mol. The van der Waals surface area contributed by atoms with Gasteiger partial charge >= 0.3 is 5.97 Å². The molecule has 0 bridgehead atoms. The molecule has 1 heterocycles. The van der Waals surface area contributed by atoms with Crippen LogP contribution in [0.25, 0.3) is 0 Å². The van der Waals surface area contributed by atoms with Crippen LogP contribution >= 0.6 is 0 Å². The van der Waals surface area contributed by atoms with Crippen molar-refractivity contribution in [3.05, 3.63) is 0 Å². The van der Waals surface area contributed by atoms with E-state index in [1.165, 1.54) is 7.11 Å². The molecular weight excluding hydrogens is 204 g/mol. The van der Waals surface area contributed by atoms with Crippen LogP contribution < -0.4 is 10.6 Å². The van der Waals surface area contributed by atoms with Gasteiger partial charge in [0, 0.05) is 12.5 Å². The molecule has 0 aromatic heterocycles. The molecule has 1 aliphatic heterocycles. The second-order valence-electron chi connectivity index (χ2n) is 4.45. The Kier molecular flexibility index (Phi) is 5.22. The standard InChI is InChI=1S/C12H24N2O2/c1-4-7-14-12(11(15)16-3)6-8-13-9-10(12)5-2/h10,13-14H,4-9H2,1-3H3. The lowest BCUT2D eigenvalue weighted by Gasteiger charge is -2.42. The quantitative estimate of drug-likeness (QED) is 0.687. The lowest BCUT2D eigenvalue weighted by Crippen LogP contribution is -2.64. The highest BCUT2D eigenvalue weighted by Crippen LogP contribution is 2.28. The predicted octanol–water partition coefficient (Wildman–Crippen LogP) is 0.917. The maximum absolute atomic E-state index is 12.1. The van der Waals surface area contributed by atoms with Gasteiger partial charge in [-0.15, -0.1) is 0 Å². The van der Waals surface area contributed by atoms with E-state index in [2.05, 4.69) is 24.5 Å². The van der Waals surface area contributed by atoms with Crippen molar-refractivity contribution < 1.29 is 9.53 Å². The van der Waals surface area contributed by atoms with Gasteiger partial charge in [0.25, 0.3) is 0 Å². The Morgan fingerprint density at radius 2 is 2.31 bits per heavy atom. The van der Waals surface area contributed by atoms with Crippen molar-refractivity contribution in [1.82, 2.24) is 10.6 Å². The normalized spacial score (nSPS) is 30.1. The van der Waals surface area contributed by atoms with E-state index < -0.39 is 5.54 Å². The van der Waals surface area contributed by atoms with Crippen molar-refractivity contribution >= 4 is 5.97 Å². The van der Waals surface area contributed by atoms with Gasteiger partial charge in [-0.2, -0.15) is 0 Å². The molecule has 0 aromatic rings. The fourth-order valence-electron chi connectivity index (χ4n) is 2.54. The number of hydrogen-bond donors (Lipinski definition) is 2. The maximum atomic E-state index is 12.1. The van der Waals surface area contributed by atoms with Gasteiger partial charge in [0.15, 0.2) is 0 Å². The van der Waals surface area contributed by atoms with E-state index in [9.17, 15) is 4.79 Å². The lowest BCUT2D eigenvalue weighted by atomic mass is 9.76. The van der Waals surface area contributed by atoms with Gasteiger partial charge in [-0.25, -0.2) is 0 Å². The number of carbonyl (C=O) groups excluding carboxylic acids is 1. The molecule has 4 heteroatoms. The Morgan fingerprint density at radius 3 is 2.88 bits per heavy atom. The largest absolute Gasteiger partial charge is 0.468 e. The van der Waals surface area contributed by atoms with Crippen LogP contribution in [0.5, 0.6) is 0 Å². The van der Waals surface area contributed by atoms with Crippen LogP contribution in [-0.4, -0.2) is 38.3 Å². The second-order valence-corrected chi connectivity index (χ2v) is 4.45. The zero-order valence-electron chi connectivity index (χ0n) is 10.6. The third kappa shape index (κ3) is 2.55. The topological polar surface area (TPSA) is 50.4 Å². The van der Waals surface area contributed by atoms with E-state index >= 15 is 0 Å². The number of methoxy groups -OCH3 is 1. The SMILES string of the molecule is CCCNC1(C(=O)OC)CCNCC1CC. The summed E-state index contributed by atoms with van der Waals surface area (Å²) in [6.45, 7) is 6.87. The zero-order chi connectivity index (χ0) is 12.0. The van der Waals surface area contributed by atoms with Crippen molar-refractivity contribution in [1.29, 1.82) is 0 Å². The molecule has 1 aliphatic rings. The van der Waals surface area contributed by atoms with Crippen LogP contribution in [0.15, 0.2) is 0 Å². The van der Waals surface area contributed by atoms with Crippen LogP contribution in [0.2, 0.25) is 0 Å². The molecule has 0 aliphatic carbocycles. The lowest BCUT2D eigenvalue weighted by molar-refractivity contribution is -0.152. The minimum Gasteiger partial charge on any atom is -0.468 e. The summed E-state index contributed by atoms with van der Waals surface area (Å²) >= 11 is 0. The Bertz CT molecular complexity index is 233. The molecule has 16 heavy (non-hydrogen) atoms. The van der Waals surface area contributed by atoms with Gasteiger partial charge in [0.1, 0.15) is 5.54 Å². The van der Waals surface area contributed by atoms with E-state index in [0.29, 0.717) is 5.92 Å². The molecule has 0 spiro atoms. The number of esters is 1. The first-order valence-electron chi connectivity index (χ1n) is 6.25. The molecule has 0 saturated carbocycles. The highest BCUT2D eigenvalue weighted by molar-refractivity contribution is 5.81. The Hall–Kier alpha value is -0.610. The highest BCUT2D eigenvalue weighted by Gasteiger charge is 2.46. The van der Waals surface area contributed by atoms with Crippen molar-refractivity contribution in [2.45, 2.75) is 38.6 Å². The van der Waals surface area contributed by atoms with Crippen LogP contribution in [0.1, 0.15) is 33.1 Å². The Labute approximate surface area is 98.1 Å². The van der Waals surface area contributed by atoms with Crippen LogP contribution in [-0.2, 0) is 9.53 Å². The number of ether oxygens (including phenoxy) is 1. The maximum Gasteiger partial charge on any atom is 0.326 e. The van der Waals surface area contributed by atoms with Crippen LogP contribution in [0.3, 0.4) is 0 Å². The average Bonchev–Trinajstić information content (AvgIpc) is 2.35. The van der Waals surface area contributed by atoms with Gasteiger partial charge in [0.2, 0.25) is 0 Å². The third-order valence-corrected chi connectivity index (χ3v) is 3.52. The minimum absolute atomic E-state index is 0.102. The summed E-state index contributed by atoms with van der Waals surface area (Å²) in [6, 6.07) is 0. The summed E-state index contributed by atoms with van der Waals surface area (Å²) < 4.78 is 4.99. The zero-order valence-corrected chi connectivity index (χ0v) is 10.6. The number of carbonyl (C=O) groups is 1. The molecule has 0 amide bonds. The van der Waals surface area contributed by atoms with E-state index in [0.717, 1.165) is 38.9 Å². The Balaban J connectivity index is 2.84. The summed E-state index contributed by atoms with van der Waals surface area (Å²) in [5.41, 5.74) is -0.467. The third-order valence-electron chi connectivity index (χ3n) is 3.52. The molecule has 0 aromatic carbocycles. The van der Waals surface area contributed by atoms with Crippen molar-refractivity contribution in [3.8, 4) is 0 Å². The number of rotatable bonds is 5. The fourth-order valence-corrected chi connectivity index (χ4v) is 2.54. The fraction of sp³-hybridized carbons (Fsp3) is 0.917. The molecule has 1 rings (SSSR count). The number of nitrogens with one attached hydrogen (secondary N) is 2. The first kappa shape index (κ1) is 13.5. The van der Waals surface area contributed by atoms with Gasteiger partial charge in [-0.3, -0.25) is 4.79 Å². The first-order chi connectivity index (χ1) is 7.71.